The third-order valence-electron chi connectivity index (χ3n) is 4.14. The van der Waals surface area contributed by atoms with Gasteiger partial charge in [-0.1, -0.05) is 36.8 Å². The lowest BCUT2D eigenvalue weighted by Crippen LogP contribution is -2.16. The molecule has 1 saturated carbocycles. The van der Waals surface area contributed by atoms with Crippen LogP contribution < -0.4 is 0 Å². The Morgan fingerprint density at radius 2 is 2.15 bits per heavy atom. The number of hydrogen-bond donors (Lipinski definition) is 0. The number of nitrogens with zero attached hydrogens (tertiary/aromatic N) is 1. The fourth-order valence-electron chi connectivity index (χ4n) is 3.11. The van der Waals surface area contributed by atoms with Gasteiger partial charge in [0.15, 0.2) is 0 Å². The zero-order valence-electron chi connectivity index (χ0n) is 12.2. The predicted octanol–water partition coefficient (Wildman–Crippen LogP) is 4.48. The summed E-state index contributed by atoms with van der Waals surface area (Å²) < 4.78 is 5.20. The quantitative estimate of drug-likeness (QED) is 0.738. The van der Waals surface area contributed by atoms with Crippen molar-refractivity contribution in [3.63, 3.8) is 0 Å². The molecule has 0 N–H and O–H groups in total. The van der Waals surface area contributed by atoms with E-state index in [4.69, 9.17) is 4.74 Å². The lowest BCUT2D eigenvalue weighted by atomic mass is 9.78. The number of methoxy groups -OCH3 is 1. The predicted molar refractivity (Wildman–Crippen MR) is 80.9 cm³/mol. The van der Waals surface area contributed by atoms with E-state index in [2.05, 4.69) is 18.2 Å². The maximum absolute atomic E-state index is 9.43. The highest BCUT2D eigenvalue weighted by molar-refractivity contribution is 5.17. The Bertz CT molecular complexity index is 472. The van der Waals surface area contributed by atoms with Gasteiger partial charge in [-0.15, -0.1) is 0 Å². The van der Waals surface area contributed by atoms with Crippen LogP contribution in [0.4, 0.5) is 0 Å². The first-order valence-corrected chi connectivity index (χ1v) is 7.48. The van der Waals surface area contributed by atoms with Crippen molar-refractivity contribution in [2.75, 3.05) is 7.11 Å². The van der Waals surface area contributed by atoms with Crippen LogP contribution >= 0.6 is 0 Å². The van der Waals surface area contributed by atoms with Gasteiger partial charge < -0.3 is 4.74 Å². The van der Waals surface area contributed by atoms with Gasteiger partial charge in [-0.3, -0.25) is 0 Å². The topological polar surface area (TPSA) is 33.0 Å². The minimum absolute atomic E-state index is 0.0979. The molecule has 0 bridgehead atoms. The molecule has 2 heteroatoms. The minimum Gasteiger partial charge on any atom is -0.504 e. The van der Waals surface area contributed by atoms with E-state index in [0.717, 1.165) is 19.3 Å². The van der Waals surface area contributed by atoms with Crippen molar-refractivity contribution in [2.45, 2.75) is 38.5 Å². The molecule has 2 nitrogen and oxygen atoms in total. The smallest absolute Gasteiger partial charge is 0.0819 e. The lowest BCUT2D eigenvalue weighted by Gasteiger charge is -2.26. The third kappa shape index (κ3) is 4.13. The molecule has 0 radical (unpaired) electrons. The molecule has 2 rings (SSSR count). The lowest BCUT2D eigenvalue weighted by molar-refractivity contribution is 0.308. The van der Waals surface area contributed by atoms with Crippen molar-refractivity contribution in [1.29, 1.82) is 5.26 Å². The first-order chi connectivity index (χ1) is 9.83. The Kier molecular flexibility index (Phi) is 5.68. The van der Waals surface area contributed by atoms with Crippen LogP contribution in [0.1, 0.15) is 37.7 Å². The van der Waals surface area contributed by atoms with E-state index in [1.54, 1.807) is 7.11 Å². The SMILES string of the molecule is CO/C=C1/CCCCC1CC(C#N)Cc1ccccc1. The molecular formula is C18H23NO. The highest BCUT2D eigenvalue weighted by Gasteiger charge is 2.23. The summed E-state index contributed by atoms with van der Waals surface area (Å²) in [5.74, 6) is 0.623. The molecule has 1 aliphatic carbocycles. The number of ether oxygens (including phenoxy) is 1. The van der Waals surface area contributed by atoms with Gasteiger partial charge in [-0.05, 0) is 49.2 Å². The zero-order valence-corrected chi connectivity index (χ0v) is 12.2. The summed E-state index contributed by atoms with van der Waals surface area (Å²) in [6.07, 6.45) is 8.57. The van der Waals surface area contributed by atoms with Crippen molar-refractivity contribution < 1.29 is 4.74 Å². The second-order valence-electron chi connectivity index (χ2n) is 5.62. The molecule has 0 spiro atoms. The van der Waals surface area contributed by atoms with E-state index in [-0.39, 0.29) is 5.92 Å². The summed E-state index contributed by atoms with van der Waals surface area (Å²) in [5, 5.41) is 9.43. The molecule has 1 aromatic carbocycles. The van der Waals surface area contributed by atoms with E-state index in [0.29, 0.717) is 5.92 Å². The Morgan fingerprint density at radius 3 is 2.85 bits per heavy atom. The van der Waals surface area contributed by atoms with Gasteiger partial charge in [0.25, 0.3) is 0 Å². The molecule has 0 saturated heterocycles. The van der Waals surface area contributed by atoms with Crippen LogP contribution in [-0.4, -0.2) is 7.11 Å². The van der Waals surface area contributed by atoms with Gasteiger partial charge in [0.05, 0.1) is 25.4 Å². The molecule has 0 heterocycles. The molecule has 0 aromatic heterocycles. The number of hydrogen-bond acceptors (Lipinski definition) is 2. The van der Waals surface area contributed by atoms with Gasteiger partial charge in [0, 0.05) is 0 Å². The van der Waals surface area contributed by atoms with Gasteiger partial charge >= 0.3 is 0 Å². The van der Waals surface area contributed by atoms with Crippen molar-refractivity contribution in [3.8, 4) is 6.07 Å². The maximum Gasteiger partial charge on any atom is 0.0819 e. The Balaban J connectivity index is 1.98. The monoisotopic (exact) mass is 269 g/mol. The van der Waals surface area contributed by atoms with Crippen LogP contribution in [0.5, 0.6) is 0 Å². The Labute approximate surface area is 122 Å². The molecule has 20 heavy (non-hydrogen) atoms. The van der Waals surface area contributed by atoms with Gasteiger partial charge in [0.2, 0.25) is 0 Å². The van der Waals surface area contributed by atoms with Gasteiger partial charge in [0.1, 0.15) is 0 Å². The first kappa shape index (κ1) is 14.7. The summed E-state index contributed by atoms with van der Waals surface area (Å²) in [5.41, 5.74) is 2.65. The summed E-state index contributed by atoms with van der Waals surface area (Å²) in [6, 6.07) is 12.8. The van der Waals surface area contributed by atoms with Crippen molar-refractivity contribution in [1.82, 2.24) is 0 Å². The average Bonchev–Trinajstić information content (AvgIpc) is 2.50. The fraction of sp³-hybridized carbons (Fsp3) is 0.500. The van der Waals surface area contributed by atoms with Gasteiger partial charge in [-0.2, -0.15) is 5.26 Å². The Hall–Kier alpha value is -1.75. The van der Waals surface area contributed by atoms with E-state index >= 15 is 0 Å². The van der Waals surface area contributed by atoms with Crippen molar-refractivity contribution in [2.24, 2.45) is 11.8 Å². The third-order valence-corrected chi connectivity index (χ3v) is 4.14. The highest BCUT2D eigenvalue weighted by atomic mass is 16.5. The molecular weight excluding hydrogens is 246 g/mol. The zero-order chi connectivity index (χ0) is 14.2. The summed E-state index contributed by atoms with van der Waals surface area (Å²) >= 11 is 0. The van der Waals surface area contributed by atoms with E-state index < -0.39 is 0 Å². The Morgan fingerprint density at radius 1 is 1.35 bits per heavy atom. The van der Waals surface area contributed by atoms with Crippen LogP contribution in [0.3, 0.4) is 0 Å². The summed E-state index contributed by atoms with van der Waals surface area (Å²) in [6.45, 7) is 0. The number of rotatable bonds is 5. The first-order valence-electron chi connectivity index (χ1n) is 7.48. The molecule has 1 aromatic rings. The fourth-order valence-corrected chi connectivity index (χ4v) is 3.11. The van der Waals surface area contributed by atoms with Crippen molar-refractivity contribution in [3.05, 3.63) is 47.7 Å². The second kappa shape index (κ2) is 7.75. The molecule has 1 aliphatic rings. The highest BCUT2D eigenvalue weighted by Crippen LogP contribution is 2.34. The molecule has 1 fully saturated rings. The van der Waals surface area contributed by atoms with Crippen molar-refractivity contribution >= 4 is 0 Å². The van der Waals surface area contributed by atoms with Gasteiger partial charge in [-0.25, -0.2) is 0 Å². The average molecular weight is 269 g/mol. The maximum atomic E-state index is 9.43. The number of benzene rings is 1. The van der Waals surface area contributed by atoms with Crippen LogP contribution in [0.25, 0.3) is 0 Å². The molecule has 0 aliphatic heterocycles. The molecule has 2 unspecified atom stereocenters. The van der Waals surface area contributed by atoms with Crippen LogP contribution in [0, 0.1) is 23.2 Å². The molecule has 2 atom stereocenters. The van der Waals surface area contributed by atoms with E-state index in [1.165, 1.54) is 30.4 Å². The standard InChI is InChI=1S/C18H23NO/c1-20-14-18-10-6-5-9-17(18)12-16(13-19)11-15-7-3-2-4-8-15/h2-4,7-8,14,16-17H,5-6,9-12H2,1H3/b18-14-. The van der Waals surface area contributed by atoms with Crippen LogP contribution in [0.15, 0.2) is 42.2 Å². The normalized spacial score (nSPS) is 22.2. The van der Waals surface area contributed by atoms with Crippen LogP contribution in [-0.2, 0) is 11.2 Å². The second-order valence-corrected chi connectivity index (χ2v) is 5.62. The number of nitriles is 1. The number of allylic oxidation sites excluding steroid dienone is 1. The molecule has 106 valence electrons. The summed E-state index contributed by atoms with van der Waals surface area (Å²) in [4.78, 5) is 0. The van der Waals surface area contributed by atoms with Crippen LogP contribution in [0.2, 0.25) is 0 Å². The largest absolute Gasteiger partial charge is 0.504 e. The van der Waals surface area contributed by atoms with E-state index in [1.807, 2.05) is 24.5 Å². The van der Waals surface area contributed by atoms with E-state index in [9.17, 15) is 5.26 Å². The minimum atomic E-state index is 0.0979. The summed E-state index contributed by atoms with van der Waals surface area (Å²) in [7, 11) is 1.71. The molecule has 0 amide bonds.